The molecule has 2 aromatic heterocycles. The first-order valence-electron chi connectivity index (χ1n) is 9.71. The molecule has 1 fully saturated rings. The van der Waals surface area contributed by atoms with Crippen molar-refractivity contribution < 1.29 is 18.0 Å². The predicted octanol–water partition coefficient (Wildman–Crippen LogP) is 3.47. The average molecular weight is 431 g/mol. The van der Waals surface area contributed by atoms with Crippen molar-refractivity contribution >= 4 is 17.7 Å². The Kier molecular flexibility index (Phi) is 5.74. The van der Waals surface area contributed by atoms with Crippen LogP contribution in [0.3, 0.4) is 0 Å². The second-order valence-electron chi connectivity index (χ2n) is 7.09. The number of nitrogens with one attached hydrogen (secondary N) is 2. The van der Waals surface area contributed by atoms with Gasteiger partial charge in [0.2, 0.25) is 5.95 Å². The van der Waals surface area contributed by atoms with Crippen molar-refractivity contribution in [1.82, 2.24) is 25.1 Å². The summed E-state index contributed by atoms with van der Waals surface area (Å²) in [7, 11) is 0. The summed E-state index contributed by atoms with van der Waals surface area (Å²) >= 11 is 0. The number of amides is 2. The van der Waals surface area contributed by atoms with Crippen LogP contribution in [0.5, 0.6) is 0 Å². The molecular formula is C20H20F3N7O. The van der Waals surface area contributed by atoms with Gasteiger partial charge in [-0.15, -0.1) is 0 Å². The van der Waals surface area contributed by atoms with E-state index in [-0.39, 0.29) is 11.7 Å². The number of anilines is 2. The van der Waals surface area contributed by atoms with E-state index in [4.69, 9.17) is 0 Å². The van der Waals surface area contributed by atoms with E-state index in [1.807, 2.05) is 4.90 Å². The van der Waals surface area contributed by atoms with Gasteiger partial charge in [-0.05, 0) is 43.2 Å². The fraction of sp³-hybridized carbons (Fsp3) is 0.300. The van der Waals surface area contributed by atoms with Gasteiger partial charge in [0, 0.05) is 43.9 Å². The lowest BCUT2D eigenvalue weighted by atomic mass is 10.1. The van der Waals surface area contributed by atoms with Crippen LogP contribution in [-0.2, 0) is 6.18 Å². The number of carbonyl (C=O) groups excluding carboxylic acids is 1. The van der Waals surface area contributed by atoms with E-state index in [1.165, 1.54) is 16.9 Å². The largest absolute Gasteiger partial charge is 0.416 e. The van der Waals surface area contributed by atoms with E-state index in [1.54, 1.807) is 30.7 Å². The summed E-state index contributed by atoms with van der Waals surface area (Å²) in [5.74, 6) is 0.637. The highest BCUT2D eigenvalue weighted by atomic mass is 19.4. The van der Waals surface area contributed by atoms with Crippen molar-refractivity contribution in [3.8, 4) is 5.69 Å². The number of hydrogen-bond donors (Lipinski definition) is 2. The summed E-state index contributed by atoms with van der Waals surface area (Å²) in [5.41, 5.74) is -0.495. The molecule has 0 spiro atoms. The second kappa shape index (κ2) is 8.62. The van der Waals surface area contributed by atoms with Gasteiger partial charge in [-0.2, -0.15) is 18.3 Å². The Morgan fingerprint density at radius 2 is 1.81 bits per heavy atom. The van der Waals surface area contributed by atoms with Crippen LogP contribution >= 0.6 is 0 Å². The van der Waals surface area contributed by atoms with Gasteiger partial charge in [-0.1, -0.05) is 0 Å². The number of benzene rings is 1. The van der Waals surface area contributed by atoms with E-state index in [0.29, 0.717) is 37.6 Å². The van der Waals surface area contributed by atoms with Gasteiger partial charge in [-0.25, -0.2) is 19.4 Å². The Balaban J connectivity index is 1.42. The summed E-state index contributed by atoms with van der Waals surface area (Å²) in [5, 5.41) is 9.44. The van der Waals surface area contributed by atoms with Crippen molar-refractivity contribution in [3.05, 3.63) is 60.7 Å². The number of halogens is 3. The molecule has 0 radical (unpaired) electrons. The topological polar surface area (TPSA) is 88.0 Å². The molecule has 4 rings (SSSR count). The average Bonchev–Trinajstić information content (AvgIpc) is 3.29. The number of piperidine rings is 1. The molecular weight excluding hydrogens is 411 g/mol. The highest BCUT2D eigenvalue weighted by molar-refractivity contribution is 5.92. The normalized spacial score (nSPS) is 15.0. The van der Waals surface area contributed by atoms with Crippen LogP contribution in [0.4, 0.5) is 29.6 Å². The van der Waals surface area contributed by atoms with Crippen LogP contribution in [0, 0.1) is 0 Å². The molecule has 3 aromatic rings. The molecule has 0 aliphatic carbocycles. The SMILES string of the molecule is O=C(Nc1cc(C(F)(F)F)ccc1-n1cccn1)NC1CCN(c2ncccn2)CC1. The number of alkyl halides is 3. The lowest BCUT2D eigenvalue weighted by molar-refractivity contribution is -0.137. The van der Waals surface area contributed by atoms with E-state index in [9.17, 15) is 18.0 Å². The molecule has 162 valence electrons. The molecule has 1 aliphatic heterocycles. The third-order valence-corrected chi connectivity index (χ3v) is 4.99. The maximum Gasteiger partial charge on any atom is 0.416 e. The molecule has 0 bridgehead atoms. The van der Waals surface area contributed by atoms with E-state index in [0.717, 1.165) is 12.1 Å². The van der Waals surface area contributed by atoms with Gasteiger partial charge in [0.1, 0.15) is 0 Å². The summed E-state index contributed by atoms with van der Waals surface area (Å²) in [6, 6.07) is 5.86. The summed E-state index contributed by atoms with van der Waals surface area (Å²) in [4.78, 5) is 23.0. The molecule has 31 heavy (non-hydrogen) atoms. The van der Waals surface area contributed by atoms with Crippen molar-refractivity contribution in [1.29, 1.82) is 0 Å². The minimum absolute atomic E-state index is 0.0196. The smallest absolute Gasteiger partial charge is 0.341 e. The van der Waals surface area contributed by atoms with Crippen LogP contribution in [0.15, 0.2) is 55.1 Å². The third kappa shape index (κ3) is 4.93. The summed E-state index contributed by atoms with van der Waals surface area (Å²) < 4.78 is 40.9. The number of rotatable bonds is 4. The zero-order chi connectivity index (χ0) is 21.8. The zero-order valence-corrected chi connectivity index (χ0v) is 16.4. The molecule has 2 amide bonds. The number of carbonyl (C=O) groups is 1. The fourth-order valence-electron chi connectivity index (χ4n) is 3.45. The van der Waals surface area contributed by atoms with Crippen LogP contribution in [0.25, 0.3) is 5.69 Å². The van der Waals surface area contributed by atoms with Crippen molar-refractivity contribution in [3.63, 3.8) is 0 Å². The Bertz CT molecular complexity index is 1020. The fourth-order valence-corrected chi connectivity index (χ4v) is 3.45. The standard InChI is InChI=1S/C20H20F3N7O/c21-20(22,23)14-3-4-17(30-10-2-9-26-30)16(13-14)28-19(31)27-15-5-11-29(12-6-15)18-24-7-1-8-25-18/h1-4,7-10,13,15H,5-6,11-12H2,(H2,27,28,31). The minimum Gasteiger partial charge on any atom is -0.341 e. The number of nitrogens with zero attached hydrogens (tertiary/aromatic N) is 5. The quantitative estimate of drug-likeness (QED) is 0.661. The highest BCUT2D eigenvalue weighted by Gasteiger charge is 2.31. The summed E-state index contributed by atoms with van der Waals surface area (Å²) in [6.45, 7) is 1.33. The first-order chi connectivity index (χ1) is 14.9. The molecule has 8 nitrogen and oxygen atoms in total. The van der Waals surface area contributed by atoms with E-state index in [2.05, 4.69) is 25.7 Å². The Morgan fingerprint density at radius 1 is 1.06 bits per heavy atom. The van der Waals surface area contributed by atoms with Gasteiger partial charge in [0.25, 0.3) is 0 Å². The predicted molar refractivity (Wildman–Crippen MR) is 108 cm³/mol. The number of urea groups is 1. The van der Waals surface area contributed by atoms with Crippen molar-refractivity contribution in [2.45, 2.75) is 25.1 Å². The molecule has 0 saturated carbocycles. The lowest BCUT2D eigenvalue weighted by Gasteiger charge is -2.32. The molecule has 1 saturated heterocycles. The van der Waals surface area contributed by atoms with Crippen molar-refractivity contribution in [2.24, 2.45) is 0 Å². The van der Waals surface area contributed by atoms with Gasteiger partial charge in [0.05, 0.1) is 16.9 Å². The lowest BCUT2D eigenvalue weighted by Crippen LogP contribution is -2.46. The van der Waals surface area contributed by atoms with Gasteiger partial charge in [-0.3, -0.25) is 0 Å². The van der Waals surface area contributed by atoms with Crippen LogP contribution in [0.2, 0.25) is 0 Å². The van der Waals surface area contributed by atoms with Gasteiger partial charge < -0.3 is 15.5 Å². The first-order valence-corrected chi connectivity index (χ1v) is 9.71. The van der Waals surface area contributed by atoms with E-state index < -0.39 is 17.8 Å². The molecule has 0 unspecified atom stereocenters. The Labute approximate surface area is 176 Å². The Hall–Kier alpha value is -3.63. The van der Waals surface area contributed by atoms with Crippen molar-refractivity contribution in [2.75, 3.05) is 23.3 Å². The molecule has 1 aliphatic rings. The van der Waals surface area contributed by atoms with Crippen LogP contribution in [-0.4, -0.2) is 44.9 Å². The van der Waals surface area contributed by atoms with Gasteiger partial charge >= 0.3 is 12.2 Å². The summed E-state index contributed by atoms with van der Waals surface area (Å²) in [6.07, 6.45) is 3.25. The second-order valence-corrected chi connectivity index (χ2v) is 7.09. The molecule has 3 heterocycles. The number of hydrogen-bond acceptors (Lipinski definition) is 5. The maximum atomic E-state index is 13.2. The van der Waals surface area contributed by atoms with Crippen LogP contribution < -0.4 is 15.5 Å². The van der Waals surface area contributed by atoms with Crippen LogP contribution in [0.1, 0.15) is 18.4 Å². The molecule has 1 aromatic carbocycles. The van der Waals surface area contributed by atoms with E-state index >= 15 is 0 Å². The third-order valence-electron chi connectivity index (χ3n) is 4.99. The zero-order valence-electron chi connectivity index (χ0n) is 16.4. The van der Waals surface area contributed by atoms with Gasteiger partial charge in [0.15, 0.2) is 0 Å². The maximum absolute atomic E-state index is 13.2. The molecule has 11 heteroatoms. The highest BCUT2D eigenvalue weighted by Crippen LogP contribution is 2.33. The number of aromatic nitrogens is 4. The minimum atomic E-state index is -4.53. The first kappa shape index (κ1) is 20.6. The molecule has 2 N–H and O–H groups in total. The Morgan fingerprint density at radius 3 is 2.45 bits per heavy atom. The monoisotopic (exact) mass is 431 g/mol. The molecule has 0 atom stereocenters.